The van der Waals surface area contributed by atoms with Crippen LogP contribution in [0.4, 0.5) is 0 Å². The fourth-order valence-corrected chi connectivity index (χ4v) is 3.40. The molecule has 0 aromatic heterocycles. The summed E-state index contributed by atoms with van der Waals surface area (Å²) in [6.07, 6.45) is 4.04. The van der Waals surface area contributed by atoms with E-state index in [-0.39, 0.29) is 11.8 Å². The van der Waals surface area contributed by atoms with Crippen molar-refractivity contribution in [1.29, 1.82) is 0 Å². The van der Waals surface area contributed by atoms with Gasteiger partial charge in [0.15, 0.2) is 0 Å². The smallest absolute Gasteiger partial charge is 0.214 e. The fraction of sp³-hybridized carbons (Fsp3) is 1.00. The molecule has 0 amide bonds. The molecule has 4 nitrogen and oxygen atoms in total. The molecule has 0 heterocycles. The summed E-state index contributed by atoms with van der Waals surface area (Å²) in [6, 6.07) is 0. The van der Waals surface area contributed by atoms with Gasteiger partial charge in [0, 0.05) is 6.54 Å². The van der Waals surface area contributed by atoms with Gasteiger partial charge in [0.2, 0.25) is 10.0 Å². The Bertz CT molecular complexity index is 292. The summed E-state index contributed by atoms with van der Waals surface area (Å²) in [5, 5.41) is 9.46. The minimum atomic E-state index is -3.21. The van der Waals surface area contributed by atoms with E-state index in [0.717, 1.165) is 25.7 Å². The maximum Gasteiger partial charge on any atom is 0.214 e. The summed E-state index contributed by atoms with van der Waals surface area (Å²) < 4.78 is 26.1. The van der Waals surface area contributed by atoms with Crippen molar-refractivity contribution < 1.29 is 13.5 Å². The van der Waals surface area contributed by atoms with Crippen LogP contribution >= 0.6 is 0 Å². The molecule has 1 aliphatic carbocycles. The first kappa shape index (κ1) is 12.9. The molecule has 1 fully saturated rings. The van der Waals surface area contributed by atoms with Crippen molar-refractivity contribution in [1.82, 2.24) is 4.72 Å². The molecule has 90 valence electrons. The maximum atomic E-state index is 11.8. The number of hydrogen-bond donors (Lipinski definition) is 2. The van der Waals surface area contributed by atoms with Crippen LogP contribution in [0.25, 0.3) is 0 Å². The van der Waals surface area contributed by atoms with Crippen LogP contribution in [0.2, 0.25) is 0 Å². The maximum absolute atomic E-state index is 11.8. The minimum Gasteiger partial charge on any atom is -0.389 e. The highest BCUT2D eigenvalue weighted by molar-refractivity contribution is 7.90. The lowest BCUT2D eigenvalue weighted by molar-refractivity contribution is 0.0613. The summed E-state index contributed by atoms with van der Waals surface area (Å²) in [6.45, 7) is 3.59. The van der Waals surface area contributed by atoms with E-state index in [9.17, 15) is 13.5 Å². The van der Waals surface area contributed by atoms with Crippen molar-refractivity contribution in [3.8, 4) is 0 Å². The van der Waals surface area contributed by atoms with Crippen LogP contribution in [-0.2, 0) is 10.0 Å². The van der Waals surface area contributed by atoms with Gasteiger partial charge < -0.3 is 5.11 Å². The molecule has 1 saturated carbocycles. The Morgan fingerprint density at radius 2 is 1.93 bits per heavy atom. The summed E-state index contributed by atoms with van der Waals surface area (Å²) >= 11 is 0. The quantitative estimate of drug-likeness (QED) is 0.747. The average molecular weight is 235 g/mol. The molecule has 0 radical (unpaired) electrons. The lowest BCUT2D eigenvalue weighted by Gasteiger charge is -2.22. The van der Waals surface area contributed by atoms with Crippen molar-refractivity contribution in [3.63, 3.8) is 0 Å². The molecule has 0 aliphatic heterocycles. The van der Waals surface area contributed by atoms with E-state index >= 15 is 0 Å². The van der Waals surface area contributed by atoms with Crippen molar-refractivity contribution in [2.45, 2.75) is 56.8 Å². The zero-order chi connectivity index (χ0) is 11.5. The zero-order valence-corrected chi connectivity index (χ0v) is 10.3. The lowest BCUT2D eigenvalue weighted by Crippen LogP contribution is -2.43. The monoisotopic (exact) mass is 235 g/mol. The average Bonchev–Trinajstić information content (AvgIpc) is 2.69. The first-order valence-corrected chi connectivity index (χ1v) is 7.13. The molecule has 1 atom stereocenters. The third-order valence-electron chi connectivity index (χ3n) is 3.16. The minimum absolute atomic E-state index is 0.113. The SMILES string of the molecule is CCC(C)(O)CNS(=O)(=O)C1CCCC1. The molecule has 5 heteroatoms. The van der Waals surface area contributed by atoms with Gasteiger partial charge in [-0.1, -0.05) is 19.8 Å². The number of hydrogen-bond acceptors (Lipinski definition) is 3. The number of nitrogens with one attached hydrogen (secondary N) is 1. The van der Waals surface area contributed by atoms with E-state index in [2.05, 4.69) is 4.72 Å². The van der Waals surface area contributed by atoms with Crippen molar-refractivity contribution in [2.24, 2.45) is 0 Å². The highest BCUT2D eigenvalue weighted by Crippen LogP contribution is 2.24. The van der Waals surface area contributed by atoms with Gasteiger partial charge in [-0.3, -0.25) is 0 Å². The highest BCUT2D eigenvalue weighted by Gasteiger charge is 2.30. The van der Waals surface area contributed by atoms with E-state index in [4.69, 9.17) is 0 Å². The molecule has 0 aromatic rings. The molecular formula is C10H21NO3S. The Hall–Kier alpha value is -0.130. The van der Waals surface area contributed by atoms with E-state index in [1.165, 1.54) is 0 Å². The Morgan fingerprint density at radius 1 is 1.40 bits per heavy atom. The zero-order valence-electron chi connectivity index (χ0n) is 9.49. The van der Waals surface area contributed by atoms with Gasteiger partial charge in [0.05, 0.1) is 10.9 Å². The second-order valence-electron chi connectivity index (χ2n) is 4.62. The first-order valence-electron chi connectivity index (χ1n) is 5.58. The topological polar surface area (TPSA) is 66.4 Å². The summed E-state index contributed by atoms with van der Waals surface area (Å²) in [5.41, 5.74) is -0.939. The van der Waals surface area contributed by atoms with E-state index in [0.29, 0.717) is 6.42 Å². The predicted octanol–water partition coefficient (Wildman–Crippen LogP) is 1.01. The number of aliphatic hydroxyl groups is 1. The molecule has 0 bridgehead atoms. The van der Waals surface area contributed by atoms with Gasteiger partial charge in [-0.15, -0.1) is 0 Å². The number of sulfonamides is 1. The largest absolute Gasteiger partial charge is 0.389 e. The normalized spacial score (nSPS) is 22.9. The molecular weight excluding hydrogens is 214 g/mol. The molecule has 2 N–H and O–H groups in total. The van der Waals surface area contributed by atoms with Gasteiger partial charge in [0.1, 0.15) is 0 Å². The molecule has 1 aliphatic rings. The summed E-state index contributed by atoms with van der Waals surface area (Å²) in [5.74, 6) is 0. The molecule has 0 spiro atoms. The Balaban J connectivity index is 2.50. The first-order chi connectivity index (χ1) is 6.87. The molecule has 0 aromatic carbocycles. The van der Waals surface area contributed by atoms with Gasteiger partial charge >= 0.3 is 0 Å². The third kappa shape index (κ3) is 3.74. The van der Waals surface area contributed by atoms with Crippen LogP contribution in [-0.4, -0.2) is 30.9 Å². The Labute approximate surface area is 92.1 Å². The molecule has 1 unspecified atom stereocenters. The third-order valence-corrected chi connectivity index (χ3v) is 5.05. The standard InChI is InChI=1S/C10H21NO3S/c1-3-10(2,12)8-11-15(13,14)9-6-4-5-7-9/h9,11-12H,3-8H2,1-2H3. The van der Waals surface area contributed by atoms with E-state index < -0.39 is 15.6 Å². The van der Waals surface area contributed by atoms with E-state index in [1.54, 1.807) is 6.92 Å². The van der Waals surface area contributed by atoms with Gasteiger partial charge in [-0.2, -0.15) is 0 Å². The molecule has 15 heavy (non-hydrogen) atoms. The molecule has 1 rings (SSSR count). The van der Waals surface area contributed by atoms with Crippen LogP contribution in [0.1, 0.15) is 46.0 Å². The summed E-state index contributed by atoms with van der Waals surface area (Å²) in [7, 11) is -3.21. The van der Waals surface area contributed by atoms with Gasteiger partial charge in [-0.25, -0.2) is 13.1 Å². The van der Waals surface area contributed by atoms with Crippen LogP contribution in [0.3, 0.4) is 0 Å². The van der Waals surface area contributed by atoms with E-state index in [1.807, 2.05) is 6.92 Å². The number of rotatable bonds is 5. The van der Waals surface area contributed by atoms with Crippen LogP contribution in [0.5, 0.6) is 0 Å². The molecule has 0 saturated heterocycles. The Morgan fingerprint density at radius 3 is 2.40 bits per heavy atom. The summed E-state index contributed by atoms with van der Waals surface area (Å²) in [4.78, 5) is 0. The van der Waals surface area contributed by atoms with Crippen molar-refractivity contribution in [3.05, 3.63) is 0 Å². The fourth-order valence-electron chi connectivity index (χ4n) is 1.70. The van der Waals surface area contributed by atoms with Gasteiger partial charge in [-0.05, 0) is 26.2 Å². The van der Waals surface area contributed by atoms with Crippen molar-refractivity contribution in [2.75, 3.05) is 6.54 Å². The Kier molecular flexibility index (Phi) is 4.14. The van der Waals surface area contributed by atoms with Crippen LogP contribution < -0.4 is 4.72 Å². The van der Waals surface area contributed by atoms with Crippen LogP contribution in [0, 0.1) is 0 Å². The van der Waals surface area contributed by atoms with Crippen molar-refractivity contribution >= 4 is 10.0 Å². The van der Waals surface area contributed by atoms with Crippen LogP contribution in [0.15, 0.2) is 0 Å². The highest BCUT2D eigenvalue weighted by atomic mass is 32.2. The second-order valence-corrected chi connectivity index (χ2v) is 6.67. The van der Waals surface area contributed by atoms with Gasteiger partial charge in [0.25, 0.3) is 0 Å². The second kappa shape index (κ2) is 4.80. The lowest BCUT2D eigenvalue weighted by atomic mass is 10.1. The predicted molar refractivity (Wildman–Crippen MR) is 60.1 cm³/mol.